The van der Waals surface area contributed by atoms with Crippen molar-refractivity contribution >= 4 is 40.7 Å². The number of hydrogen-bond acceptors (Lipinski definition) is 4. The van der Waals surface area contributed by atoms with Crippen LogP contribution in [-0.4, -0.2) is 28.8 Å². The maximum absolute atomic E-state index is 13.1. The molecule has 1 atom stereocenters. The van der Waals surface area contributed by atoms with Gasteiger partial charge in [0.1, 0.15) is 11.5 Å². The standard InChI is InChI=1S/C25H19Cl2NO4/c1-32-18-9-5-8-17(12-18)23(29)21-22(16-10-11-19(26)20(27)13-16)28(25(31)24(21)30)14-15-6-3-2-4-7-15/h2-13,22,29H,14H2,1H3. The van der Waals surface area contributed by atoms with Gasteiger partial charge in [0, 0.05) is 12.1 Å². The van der Waals surface area contributed by atoms with Crippen molar-refractivity contribution in [2.45, 2.75) is 12.6 Å². The van der Waals surface area contributed by atoms with Gasteiger partial charge in [-0.15, -0.1) is 0 Å². The zero-order chi connectivity index (χ0) is 22.8. The molecule has 3 aromatic carbocycles. The number of aliphatic hydroxyl groups is 1. The van der Waals surface area contributed by atoms with Gasteiger partial charge >= 0.3 is 0 Å². The fourth-order valence-electron chi connectivity index (χ4n) is 3.78. The average Bonchev–Trinajstić information content (AvgIpc) is 3.06. The highest BCUT2D eigenvalue weighted by Gasteiger charge is 2.46. The predicted octanol–water partition coefficient (Wildman–Crippen LogP) is 5.62. The van der Waals surface area contributed by atoms with Crippen LogP contribution >= 0.6 is 23.2 Å². The van der Waals surface area contributed by atoms with E-state index in [9.17, 15) is 14.7 Å². The number of rotatable bonds is 5. The van der Waals surface area contributed by atoms with E-state index in [4.69, 9.17) is 27.9 Å². The molecule has 32 heavy (non-hydrogen) atoms. The lowest BCUT2D eigenvalue weighted by Crippen LogP contribution is -2.29. The number of ketones is 1. The van der Waals surface area contributed by atoms with Gasteiger partial charge in [-0.05, 0) is 35.4 Å². The second kappa shape index (κ2) is 9.07. The molecule has 0 saturated carbocycles. The van der Waals surface area contributed by atoms with Crippen molar-refractivity contribution in [3.63, 3.8) is 0 Å². The Morgan fingerprint density at radius 2 is 1.72 bits per heavy atom. The van der Waals surface area contributed by atoms with Crippen LogP contribution in [0.25, 0.3) is 5.76 Å². The minimum atomic E-state index is -0.837. The number of benzene rings is 3. The van der Waals surface area contributed by atoms with Crippen LogP contribution in [0.1, 0.15) is 22.7 Å². The van der Waals surface area contributed by atoms with Crippen molar-refractivity contribution in [2.75, 3.05) is 7.11 Å². The summed E-state index contributed by atoms with van der Waals surface area (Å²) in [6.45, 7) is 0.186. The molecule has 0 spiro atoms. The number of halogens is 2. The molecule has 1 amide bonds. The maximum atomic E-state index is 13.1. The van der Waals surface area contributed by atoms with Crippen molar-refractivity contribution < 1.29 is 19.4 Å². The van der Waals surface area contributed by atoms with Gasteiger partial charge in [0.25, 0.3) is 11.7 Å². The maximum Gasteiger partial charge on any atom is 0.295 e. The molecule has 1 unspecified atom stereocenters. The molecule has 0 aromatic heterocycles. The molecule has 3 aromatic rings. The van der Waals surface area contributed by atoms with E-state index in [1.165, 1.54) is 12.0 Å². The van der Waals surface area contributed by atoms with Crippen molar-refractivity contribution in [1.82, 2.24) is 4.90 Å². The molecule has 0 bridgehead atoms. The zero-order valence-corrected chi connectivity index (χ0v) is 18.6. The molecule has 1 aliphatic rings. The number of amides is 1. The Morgan fingerprint density at radius 3 is 2.41 bits per heavy atom. The number of likely N-dealkylation sites (tertiary alicyclic amines) is 1. The van der Waals surface area contributed by atoms with E-state index in [0.717, 1.165) is 5.56 Å². The molecule has 1 aliphatic heterocycles. The third kappa shape index (κ3) is 4.09. The topological polar surface area (TPSA) is 66.8 Å². The molecule has 0 radical (unpaired) electrons. The number of methoxy groups -OCH3 is 1. The molecule has 0 aliphatic carbocycles. The van der Waals surface area contributed by atoms with Crippen LogP contribution in [0, 0.1) is 0 Å². The fraction of sp³-hybridized carbons (Fsp3) is 0.120. The lowest BCUT2D eigenvalue weighted by Gasteiger charge is -2.25. The number of hydrogen-bond donors (Lipinski definition) is 1. The van der Waals surface area contributed by atoms with Gasteiger partial charge in [0.05, 0.1) is 28.8 Å². The molecule has 1 saturated heterocycles. The highest BCUT2D eigenvalue weighted by atomic mass is 35.5. The molecule has 1 fully saturated rings. The molecular weight excluding hydrogens is 449 g/mol. The van der Waals surface area contributed by atoms with E-state index in [0.29, 0.717) is 21.9 Å². The van der Waals surface area contributed by atoms with Crippen LogP contribution in [0.15, 0.2) is 78.4 Å². The Morgan fingerprint density at radius 1 is 0.969 bits per heavy atom. The summed E-state index contributed by atoms with van der Waals surface area (Å²) in [7, 11) is 1.51. The first-order valence-corrected chi connectivity index (χ1v) is 10.6. The van der Waals surface area contributed by atoms with E-state index >= 15 is 0 Å². The van der Waals surface area contributed by atoms with Gasteiger partial charge in [-0.3, -0.25) is 9.59 Å². The van der Waals surface area contributed by atoms with E-state index in [1.54, 1.807) is 42.5 Å². The summed E-state index contributed by atoms with van der Waals surface area (Å²) < 4.78 is 5.23. The minimum absolute atomic E-state index is 0.0161. The minimum Gasteiger partial charge on any atom is -0.507 e. The summed E-state index contributed by atoms with van der Waals surface area (Å²) in [5, 5.41) is 11.8. The van der Waals surface area contributed by atoms with Crippen LogP contribution < -0.4 is 4.74 Å². The highest BCUT2D eigenvalue weighted by Crippen LogP contribution is 2.42. The highest BCUT2D eigenvalue weighted by molar-refractivity contribution is 6.46. The molecule has 1 N–H and O–H groups in total. The van der Waals surface area contributed by atoms with Gasteiger partial charge in [-0.2, -0.15) is 0 Å². The zero-order valence-electron chi connectivity index (χ0n) is 17.1. The summed E-state index contributed by atoms with van der Waals surface area (Å²) in [6, 6.07) is 20.1. The van der Waals surface area contributed by atoms with Gasteiger partial charge in [0.15, 0.2) is 0 Å². The second-order valence-electron chi connectivity index (χ2n) is 7.32. The number of Topliss-reactive ketones (excluding diaryl/α,β-unsaturated/α-hetero) is 1. The first-order chi connectivity index (χ1) is 15.4. The third-order valence-corrected chi connectivity index (χ3v) is 6.08. The molecule has 5 nitrogen and oxygen atoms in total. The van der Waals surface area contributed by atoms with Gasteiger partial charge in [-0.25, -0.2) is 0 Å². The summed E-state index contributed by atoms with van der Waals surface area (Å²) in [5.74, 6) is -1.24. The van der Waals surface area contributed by atoms with Gasteiger partial charge < -0.3 is 14.7 Å². The molecule has 162 valence electrons. The Labute approximate surface area is 195 Å². The van der Waals surface area contributed by atoms with Crippen molar-refractivity contribution in [2.24, 2.45) is 0 Å². The van der Waals surface area contributed by atoms with Crippen LogP contribution in [0.3, 0.4) is 0 Å². The number of aliphatic hydroxyl groups excluding tert-OH is 1. The Bertz CT molecular complexity index is 1220. The second-order valence-corrected chi connectivity index (χ2v) is 8.13. The molecule has 4 rings (SSSR count). The normalized spacial score (nSPS) is 17.6. The van der Waals surface area contributed by atoms with Gasteiger partial charge in [-0.1, -0.05) is 71.7 Å². The van der Waals surface area contributed by atoms with Gasteiger partial charge in [0.2, 0.25) is 0 Å². The largest absolute Gasteiger partial charge is 0.507 e. The lowest BCUT2D eigenvalue weighted by molar-refractivity contribution is -0.140. The summed E-state index contributed by atoms with van der Waals surface area (Å²) in [6.07, 6.45) is 0. The Hall–Kier alpha value is -3.28. The Kier molecular flexibility index (Phi) is 6.21. The monoisotopic (exact) mass is 467 g/mol. The lowest BCUT2D eigenvalue weighted by atomic mass is 9.95. The molecule has 7 heteroatoms. The SMILES string of the molecule is COc1cccc(C(O)=C2C(=O)C(=O)N(Cc3ccccc3)C2c2ccc(Cl)c(Cl)c2)c1. The summed E-state index contributed by atoms with van der Waals surface area (Å²) >= 11 is 12.3. The predicted molar refractivity (Wildman–Crippen MR) is 124 cm³/mol. The van der Waals surface area contributed by atoms with Crippen LogP contribution in [0.2, 0.25) is 10.0 Å². The number of nitrogens with zero attached hydrogens (tertiary/aromatic N) is 1. The van der Waals surface area contributed by atoms with E-state index < -0.39 is 17.7 Å². The summed E-state index contributed by atoms with van der Waals surface area (Å²) in [5.41, 5.74) is 1.77. The molecule has 1 heterocycles. The van der Waals surface area contributed by atoms with Crippen LogP contribution in [0.4, 0.5) is 0 Å². The number of ether oxygens (including phenoxy) is 1. The number of carbonyl (C=O) groups excluding carboxylic acids is 2. The summed E-state index contributed by atoms with van der Waals surface area (Å²) in [4.78, 5) is 27.6. The smallest absolute Gasteiger partial charge is 0.295 e. The van der Waals surface area contributed by atoms with E-state index in [2.05, 4.69) is 0 Å². The van der Waals surface area contributed by atoms with E-state index in [-0.39, 0.29) is 22.9 Å². The first kappa shape index (κ1) is 21.9. The quantitative estimate of drug-likeness (QED) is 0.300. The molecular formula is C25H19Cl2NO4. The fourth-order valence-corrected chi connectivity index (χ4v) is 4.08. The van der Waals surface area contributed by atoms with Crippen LogP contribution in [-0.2, 0) is 16.1 Å². The number of carbonyl (C=O) groups is 2. The van der Waals surface area contributed by atoms with E-state index in [1.807, 2.05) is 30.3 Å². The Balaban J connectivity index is 1.89. The van der Waals surface area contributed by atoms with Crippen LogP contribution in [0.5, 0.6) is 5.75 Å². The van der Waals surface area contributed by atoms with Crippen molar-refractivity contribution in [3.8, 4) is 5.75 Å². The van der Waals surface area contributed by atoms with Crippen molar-refractivity contribution in [3.05, 3.63) is 105 Å². The van der Waals surface area contributed by atoms with Crippen molar-refractivity contribution in [1.29, 1.82) is 0 Å². The first-order valence-electron chi connectivity index (χ1n) is 9.82. The average molecular weight is 468 g/mol. The third-order valence-electron chi connectivity index (χ3n) is 5.34.